The summed E-state index contributed by atoms with van der Waals surface area (Å²) in [6, 6.07) is -0.642. The molecule has 0 aromatic rings. The first-order valence-electron chi connectivity index (χ1n) is 6.56. The number of aliphatic carboxylic acids is 1. The van der Waals surface area contributed by atoms with E-state index in [9.17, 15) is 14.7 Å². The lowest BCUT2D eigenvalue weighted by atomic mass is 10.1. The van der Waals surface area contributed by atoms with Gasteiger partial charge in [-0.05, 0) is 27.2 Å². The van der Waals surface area contributed by atoms with E-state index in [0.29, 0.717) is 26.3 Å². The van der Waals surface area contributed by atoms with Crippen molar-refractivity contribution >= 4 is 11.9 Å². The average Bonchev–Trinajstić information content (AvgIpc) is 2.27. The van der Waals surface area contributed by atoms with Crippen molar-refractivity contribution < 1.29 is 24.2 Å². The summed E-state index contributed by atoms with van der Waals surface area (Å²) in [4.78, 5) is 24.7. The Morgan fingerprint density at radius 1 is 1.32 bits per heavy atom. The number of ether oxygens (including phenoxy) is 2. The standard InChI is InChI=1S/C13H23NO5/c1-13(2,3)19-11(15)5-4-10(12(16)17)14-6-8-18-9-7-14/h10H,4-9H2,1-3H3,(H,16,17)/t10-/m0/s1. The first kappa shape index (κ1) is 15.9. The van der Waals surface area contributed by atoms with Crippen molar-refractivity contribution in [3.05, 3.63) is 0 Å². The fraction of sp³-hybridized carbons (Fsp3) is 0.846. The van der Waals surface area contributed by atoms with Crippen LogP contribution in [0.1, 0.15) is 33.6 Å². The molecule has 0 spiro atoms. The molecule has 1 saturated heterocycles. The topological polar surface area (TPSA) is 76.1 Å². The fourth-order valence-electron chi connectivity index (χ4n) is 2.00. The molecule has 1 N–H and O–H groups in total. The zero-order chi connectivity index (χ0) is 14.5. The lowest BCUT2D eigenvalue weighted by molar-refractivity contribution is -0.156. The van der Waals surface area contributed by atoms with Gasteiger partial charge in [-0.1, -0.05) is 0 Å². The van der Waals surface area contributed by atoms with E-state index in [2.05, 4.69) is 0 Å². The maximum absolute atomic E-state index is 11.6. The van der Waals surface area contributed by atoms with Gasteiger partial charge in [-0.3, -0.25) is 14.5 Å². The van der Waals surface area contributed by atoms with Gasteiger partial charge in [0.15, 0.2) is 0 Å². The SMILES string of the molecule is CC(C)(C)OC(=O)CC[C@@H](C(=O)O)N1CCOCC1. The summed E-state index contributed by atoms with van der Waals surface area (Å²) in [5.74, 6) is -1.25. The van der Waals surface area contributed by atoms with Crippen molar-refractivity contribution in [1.29, 1.82) is 0 Å². The molecule has 1 rings (SSSR count). The van der Waals surface area contributed by atoms with Crippen molar-refractivity contribution in [1.82, 2.24) is 4.90 Å². The van der Waals surface area contributed by atoms with E-state index in [1.54, 1.807) is 20.8 Å². The van der Waals surface area contributed by atoms with Gasteiger partial charge in [-0.2, -0.15) is 0 Å². The van der Waals surface area contributed by atoms with Gasteiger partial charge >= 0.3 is 11.9 Å². The zero-order valence-corrected chi connectivity index (χ0v) is 11.8. The van der Waals surface area contributed by atoms with Crippen LogP contribution in [-0.2, 0) is 19.1 Å². The van der Waals surface area contributed by atoms with Gasteiger partial charge < -0.3 is 14.6 Å². The molecular weight excluding hydrogens is 250 g/mol. The lowest BCUT2D eigenvalue weighted by Gasteiger charge is -2.31. The molecule has 19 heavy (non-hydrogen) atoms. The summed E-state index contributed by atoms with van der Waals surface area (Å²) in [5.41, 5.74) is -0.533. The predicted molar refractivity (Wildman–Crippen MR) is 68.9 cm³/mol. The van der Waals surface area contributed by atoms with Gasteiger partial charge in [0.05, 0.1) is 13.2 Å². The molecule has 6 nitrogen and oxygen atoms in total. The Morgan fingerprint density at radius 3 is 2.37 bits per heavy atom. The number of esters is 1. The van der Waals surface area contributed by atoms with Crippen LogP contribution in [0.2, 0.25) is 0 Å². The van der Waals surface area contributed by atoms with E-state index in [-0.39, 0.29) is 18.8 Å². The second kappa shape index (κ2) is 6.86. The van der Waals surface area contributed by atoms with E-state index < -0.39 is 17.6 Å². The number of morpholine rings is 1. The lowest BCUT2D eigenvalue weighted by Crippen LogP contribution is -2.47. The van der Waals surface area contributed by atoms with Crippen LogP contribution in [-0.4, -0.2) is 59.9 Å². The Bertz CT molecular complexity index is 317. The number of carboxylic acid groups (broad SMARTS) is 1. The van der Waals surface area contributed by atoms with Crippen LogP contribution in [0.25, 0.3) is 0 Å². The summed E-state index contributed by atoms with van der Waals surface area (Å²) < 4.78 is 10.4. The second-order valence-corrected chi connectivity index (χ2v) is 5.63. The summed E-state index contributed by atoms with van der Waals surface area (Å²) >= 11 is 0. The molecule has 1 aliphatic rings. The van der Waals surface area contributed by atoms with Gasteiger partial charge in [-0.15, -0.1) is 0 Å². The molecule has 0 unspecified atom stereocenters. The number of nitrogens with zero attached hydrogens (tertiary/aromatic N) is 1. The van der Waals surface area contributed by atoms with Crippen LogP contribution in [0.3, 0.4) is 0 Å². The minimum atomic E-state index is -0.898. The molecule has 0 bridgehead atoms. The van der Waals surface area contributed by atoms with Gasteiger partial charge in [0.25, 0.3) is 0 Å². The number of hydrogen-bond donors (Lipinski definition) is 1. The highest BCUT2D eigenvalue weighted by atomic mass is 16.6. The Hall–Kier alpha value is -1.14. The summed E-state index contributed by atoms with van der Waals surface area (Å²) in [7, 11) is 0. The smallest absolute Gasteiger partial charge is 0.320 e. The molecule has 1 aliphatic heterocycles. The van der Waals surface area contributed by atoms with Gasteiger partial charge in [0, 0.05) is 19.5 Å². The van der Waals surface area contributed by atoms with E-state index in [0.717, 1.165) is 0 Å². The highest BCUT2D eigenvalue weighted by molar-refractivity contribution is 5.75. The summed E-state index contributed by atoms with van der Waals surface area (Å²) in [6.45, 7) is 7.63. The number of carboxylic acids is 1. The van der Waals surface area contributed by atoms with E-state index >= 15 is 0 Å². The highest BCUT2D eigenvalue weighted by Crippen LogP contribution is 2.14. The van der Waals surface area contributed by atoms with Crippen molar-refractivity contribution in [3.63, 3.8) is 0 Å². The van der Waals surface area contributed by atoms with Gasteiger partial charge in [0.1, 0.15) is 11.6 Å². The van der Waals surface area contributed by atoms with Crippen molar-refractivity contribution in [2.24, 2.45) is 0 Å². The largest absolute Gasteiger partial charge is 0.480 e. The van der Waals surface area contributed by atoms with E-state index in [1.165, 1.54) is 0 Å². The maximum Gasteiger partial charge on any atom is 0.320 e. The van der Waals surface area contributed by atoms with Crippen LogP contribution in [0.5, 0.6) is 0 Å². The van der Waals surface area contributed by atoms with Crippen LogP contribution in [0.4, 0.5) is 0 Å². The molecule has 1 heterocycles. The van der Waals surface area contributed by atoms with E-state index in [1.807, 2.05) is 4.90 Å². The zero-order valence-electron chi connectivity index (χ0n) is 11.8. The minimum absolute atomic E-state index is 0.117. The molecule has 0 saturated carbocycles. The van der Waals surface area contributed by atoms with E-state index in [4.69, 9.17) is 9.47 Å². The highest BCUT2D eigenvalue weighted by Gasteiger charge is 2.28. The molecule has 0 amide bonds. The number of carbonyl (C=O) groups excluding carboxylic acids is 1. The third kappa shape index (κ3) is 6.02. The third-order valence-electron chi connectivity index (χ3n) is 2.81. The van der Waals surface area contributed by atoms with Crippen molar-refractivity contribution in [2.45, 2.75) is 45.3 Å². The molecule has 0 aromatic carbocycles. The van der Waals surface area contributed by atoms with Crippen LogP contribution in [0.15, 0.2) is 0 Å². The Kier molecular flexibility index (Phi) is 5.75. The van der Waals surface area contributed by atoms with Crippen LogP contribution < -0.4 is 0 Å². The molecule has 1 fully saturated rings. The van der Waals surface area contributed by atoms with Crippen molar-refractivity contribution in [2.75, 3.05) is 26.3 Å². The number of carbonyl (C=O) groups is 2. The van der Waals surface area contributed by atoms with Crippen LogP contribution in [0, 0.1) is 0 Å². The average molecular weight is 273 g/mol. The Balaban J connectivity index is 2.45. The van der Waals surface area contributed by atoms with Gasteiger partial charge in [0.2, 0.25) is 0 Å². The minimum Gasteiger partial charge on any atom is -0.480 e. The summed E-state index contributed by atoms with van der Waals surface area (Å²) in [6.07, 6.45) is 0.385. The molecular formula is C13H23NO5. The summed E-state index contributed by atoms with van der Waals surface area (Å²) in [5, 5.41) is 9.24. The fourth-order valence-corrected chi connectivity index (χ4v) is 2.00. The molecule has 1 atom stereocenters. The van der Waals surface area contributed by atoms with Crippen LogP contribution >= 0.6 is 0 Å². The second-order valence-electron chi connectivity index (χ2n) is 5.63. The Labute approximate surface area is 113 Å². The third-order valence-corrected chi connectivity index (χ3v) is 2.81. The molecule has 0 aromatic heterocycles. The molecule has 110 valence electrons. The molecule has 0 aliphatic carbocycles. The normalized spacial score (nSPS) is 18.9. The first-order chi connectivity index (χ1) is 8.79. The van der Waals surface area contributed by atoms with Gasteiger partial charge in [-0.25, -0.2) is 0 Å². The quantitative estimate of drug-likeness (QED) is 0.750. The monoisotopic (exact) mass is 273 g/mol. The number of rotatable bonds is 5. The van der Waals surface area contributed by atoms with Crippen molar-refractivity contribution in [3.8, 4) is 0 Å². The first-order valence-corrected chi connectivity index (χ1v) is 6.56. The number of hydrogen-bond acceptors (Lipinski definition) is 5. The Morgan fingerprint density at radius 2 is 1.89 bits per heavy atom. The predicted octanol–water partition coefficient (Wildman–Crippen LogP) is 0.894. The maximum atomic E-state index is 11.6. The molecule has 6 heteroatoms. The molecule has 0 radical (unpaired) electrons.